The minimum Gasteiger partial charge on any atom is -0.352 e. The molecule has 2 amide bonds. The summed E-state index contributed by atoms with van der Waals surface area (Å²) in [6.45, 7) is 6.37. The molecule has 0 saturated carbocycles. The Morgan fingerprint density at radius 1 is 0.941 bits per heavy atom. The fourth-order valence-corrected chi connectivity index (χ4v) is 4.86. The number of nitrogens with one attached hydrogen (secondary N) is 1. The van der Waals surface area contributed by atoms with Gasteiger partial charge in [0.2, 0.25) is 21.8 Å². The molecular formula is C26H37N3O4S. The summed E-state index contributed by atoms with van der Waals surface area (Å²) in [7, 11) is -2.10. The minimum atomic E-state index is -3.61. The third kappa shape index (κ3) is 7.67. The highest BCUT2D eigenvalue weighted by Gasteiger charge is 2.29. The first-order chi connectivity index (χ1) is 16.2. The molecule has 0 saturated heterocycles. The first kappa shape index (κ1) is 27.5. The van der Waals surface area contributed by atoms with E-state index in [1.54, 1.807) is 35.2 Å². The Morgan fingerprint density at radius 2 is 1.53 bits per heavy atom. The van der Waals surface area contributed by atoms with Crippen LogP contribution in [0.2, 0.25) is 0 Å². The van der Waals surface area contributed by atoms with Crippen LogP contribution in [-0.2, 0) is 26.2 Å². The summed E-state index contributed by atoms with van der Waals surface area (Å²) in [4.78, 5) is 28.1. The molecule has 2 atom stereocenters. The van der Waals surface area contributed by atoms with Crippen LogP contribution in [0.3, 0.4) is 0 Å². The first-order valence-corrected chi connectivity index (χ1v) is 13.3. The molecule has 0 spiro atoms. The first-order valence-electron chi connectivity index (χ1n) is 11.9. The van der Waals surface area contributed by atoms with Crippen molar-refractivity contribution in [3.63, 3.8) is 0 Å². The van der Waals surface area contributed by atoms with Crippen molar-refractivity contribution in [2.75, 3.05) is 13.6 Å². The van der Waals surface area contributed by atoms with Crippen LogP contribution in [0.4, 0.5) is 0 Å². The van der Waals surface area contributed by atoms with Crippen molar-refractivity contribution in [2.24, 2.45) is 0 Å². The van der Waals surface area contributed by atoms with Crippen LogP contribution in [0.5, 0.6) is 0 Å². The van der Waals surface area contributed by atoms with Gasteiger partial charge in [0.25, 0.3) is 0 Å². The summed E-state index contributed by atoms with van der Waals surface area (Å²) in [5.74, 6) is -0.328. The van der Waals surface area contributed by atoms with Gasteiger partial charge in [-0.2, -0.15) is 0 Å². The Balaban J connectivity index is 2.10. The highest BCUT2D eigenvalue weighted by Crippen LogP contribution is 2.17. The highest BCUT2D eigenvalue weighted by molar-refractivity contribution is 7.89. The van der Waals surface area contributed by atoms with E-state index in [9.17, 15) is 18.0 Å². The molecule has 0 aliphatic heterocycles. The van der Waals surface area contributed by atoms with Gasteiger partial charge in [-0.05, 0) is 43.9 Å². The number of hydrogen-bond acceptors (Lipinski definition) is 4. The molecule has 0 fully saturated rings. The topological polar surface area (TPSA) is 86.8 Å². The molecule has 0 heterocycles. The summed E-state index contributed by atoms with van der Waals surface area (Å²) >= 11 is 0. The quantitative estimate of drug-likeness (QED) is 0.465. The Labute approximate surface area is 204 Å². The van der Waals surface area contributed by atoms with Gasteiger partial charge in [0.1, 0.15) is 6.04 Å². The maximum atomic E-state index is 13.3. The van der Waals surface area contributed by atoms with E-state index in [2.05, 4.69) is 5.32 Å². The molecule has 0 bridgehead atoms. The second-order valence-electron chi connectivity index (χ2n) is 8.49. The lowest BCUT2D eigenvalue weighted by Crippen LogP contribution is -2.50. The summed E-state index contributed by atoms with van der Waals surface area (Å²) in [5, 5.41) is 2.99. The molecule has 0 aliphatic rings. The van der Waals surface area contributed by atoms with E-state index >= 15 is 0 Å². The standard InChI is InChI=1S/C26H37N3O4S/c1-5-21(3)27-26(31)24(6-2)29(20-22-14-9-7-10-15-22)25(30)18-13-19-28(4)34(32,33)23-16-11-8-12-17-23/h7-12,14-17,21,24H,5-6,13,18-20H2,1-4H3,(H,27,31). The van der Waals surface area contributed by atoms with E-state index in [4.69, 9.17) is 0 Å². The number of sulfonamides is 1. The monoisotopic (exact) mass is 487 g/mol. The molecule has 0 aliphatic carbocycles. The van der Waals surface area contributed by atoms with Crippen molar-refractivity contribution < 1.29 is 18.0 Å². The number of nitrogens with zero attached hydrogens (tertiary/aromatic N) is 2. The van der Waals surface area contributed by atoms with Gasteiger partial charge in [0.15, 0.2) is 0 Å². The number of rotatable bonds is 13. The molecule has 7 nitrogen and oxygen atoms in total. The fourth-order valence-electron chi connectivity index (χ4n) is 3.63. The van der Waals surface area contributed by atoms with Crippen LogP contribution in [0, 0.1) is 0 Å². The van der Waals surface area contributed by atoms with Gasteiger partial charge in [-0.3, -0.25) is 9.59 Å². The number of carbonyl (C=O) groups excluding carboxylic acids is 2. The summed E-state index contributed by atoms with van der Waals surface area (Å²) in [6, 6.07) is 17.2. The zero-order chi connectivity index (χ0) is 25.1. The van der Waals surface area contributed by atoms with Gasteiger partial charge >= 0.3 is 0 Å². The lowest BCUT2D eigenvalue weighted by atomic mass is 10.1. The average molecular weight is 488 g/mol. The van der Waals surface area contributed by atoms with E-state index < -0.39 is 16.1 Å². The summed E-state index contributed by atoms with van der Waals surface area (Å²) in [6.07, 6.45) is 1.80. The molecule has 34 heavy (non-hydrogen) atoms. The molecule has 0 radical (unpaired) electrons. The van der Waals surface area contributed by atoms with Gasteiger partial charge in [0, 0.05) is 32.6 Å². The molecule has 2 aromatic carbocycles. The zero-order valence-corrected chi connectivity index (χ0v) is 21.4. The Bertz CT molecular complexity index is 1010. The smallest absolute Gasteiger partial charge is 0.243 e. The van der Waals surface area contributed by atoms with E-state index in [1.807, 2.05) is 51.1 Å². The Morgan fingerprint density at radius 3 is 2.09 bits per heavy atom. The van der Waals surface area contributed by atoms with Gasteiger partial charge in [-0.1, -0.05) is 62.4 Å². The molecular weight excluding hydrogens is 450 g/mol. The highest BCUT2D eigenvalue weighted by atomic mass is 32.2. The molecule has 2 aromatic rings. The van der Waals surface area contributed by atoms with E-state index in [0.717, 1.165) is 12.0 Å². The second kappa shape index (κ2) is 13.2. The van der Waals surface area contributed by atoms with E-state index in [-0.39, 0.29) is 35.7 Å². The maximum absolute atomic E-state index is 13.3. The predicted molar refractivity (Wildman–Crippen MR) is 134 cm³/mol. The Hall–Kier alpha value is -2.71. The van der Waals surface area contributed by atoms with Crippen molar-refractivity contribution >= 4 is 21.8 Å². The number of amides is 2. The van der Waals surface area contributed by atoms with Gasteiger partial charge in [0.05, 0.1) is 4.90 Å². The van der Waals surface area contributed by atoms with Crippen LogP contribution in [0.25, 0.3) is 0 Å². The maximum Gasteiger partial charge on any atom is 0.243 e. The van der Waals surface area contributed by atoms with E-state index in [0.29, 0.717) is 19.4 Å². The fraction of sp³-hybridized carbons (Fsp3) is 0.462. The predicted octanol–water partition coefficient (Wildman–Crippen LogP) is 3.81. The van der Waals surface area contributed by atoms with Crippen LogP contribution < -0.4 is 5.32 Å². The number of carbonyl (C=O) groups is 2. The SMILES string of the molecule is CCC(C)NC(=O)C(CC)N(Cc1ccccc1)C(=O)CCCN(C)S(=O)(=O)c1ccccc1. The Kier molecular flexibility index (Phi) is 10.7. The summed E-state index contributed by atoms with van der Waals surface area (Å²) in [5.41, 5.74) is 0.939. The van der Waals surface area contributed by atoms with Crippen LogP contribution >= 0.6 is 0 Å². The van der Waals surface area contributed by atoms with Crippen molar-refractivity contribution in [1.29, 1.82) is 0 Å². The number of benzene rings is 2. The van der Waals surface area contributed by atoms with Gasteiger partial charge in [-0.25, -0.2) is 12.7 Å². The normalized spacial score (nSPS) is 13.3. The number of hydrogen-bond donors (Lipinski definition) is 1. The lowest BCUT2D eigenvalue weighted by molar-refractivity contribution is -0.141. The lowest BCUT2D eigenvalue weighted by Gasteiger charge is -2.31. The van der Waals surface area contributed by atoms with Crippen LogP contribution in [0.1, 0.15) is 52.0 Å². The minimum absolute atomic E-state index is 0.0204. The zero-order valence-electron chi connectivity index (χ0n) is 20.6. The molecule has 1 N–H and O–H groups in total. The third-order valence-corrected chi connectivity index (χ3v) is 7.77. The molecule has 2 rings (SSSR count). The third-order valence-electron chi connectivity index (χ3n) is 5.90. The second-order valence-corrected chi connectivity index (χ2v) is 10.5. The molecule has 186 valence electrons. The molecule has 2 unspecified atom stereocenters. The van der Waals surface area contributed by atoms with Crippen LogP contribution in [-0.4, -0.2) is 55.1 Å². The van der Waals surface area contributed by atoms with Gasteiger partial charge in [-0.15, -0.1) is 0 Å². The molecule has 0 aromatic heterocycles. The van der Waals surface area contributed by atoms with Crippen molar-refractivity contribution in [2.45, 2.75) is 70.0 Å². The van der Waals surface area contributed by atoms with Crippen LogP contribution in [0.15, 0.2) is 65.6 Å². The molecule has 8 heteroatoms. The average Bonchev–Trinajstić information content (AvgIpc) is 2.84. The van der Waals surface area contributed by atoms with Gasteiger partial charge < -0.3 is 10.2 Å². The summed E-state index contributed by atoms with van der Waals surface area (Å²) < 4.78 is 26.7. The largest absolute Gasteiger partial charge is 0.352 e. The van der Waals surface area contributed by atoms with Crippen molar-refractivity contribution in [3.05, 3.63) is 66.2 Å². The van der Waals surface area contributed by atoms with Crippen molar-refractivity contribution in [3.8, 4) is 0 Å². The van der Waals surface area contributed by atoms with Crippen molar-refractivity contribution in [1.82, 2.24) is 14.5 Å². The van der Waals surface area contributed by atoms with E-state index in [1.165, 1.54) is 11.4 Å².